The van der Waals surface area contributed by atoms with Crippen LogP contribution in [0.5, 0.6) is 0 Å². The molecule has 0 bridgehead atoms. The molecule has 1 unspecified atom stereocenters. The largest absolute Gasteiger partial charge is 0.345 e. The Balaban J connectivity index is 1.39. The highest BCUT2D eigenvalue weighted by molar-refractivity contribution is 5.80. The minimum absolute atomic E-state index is 0.0592. The number of rotatable bonds is 4. The Morgan fingerprint density at radius 1 is 0.862 bits per heavy atom. The second-order valence-corrected chi connectivity index (χ2v) is 7.87. The molecule has 152 valence electrons. The normalized spacial score (nSPS) is 18.5. The van der Waals surface area contributed by atoms with Gasteiger partial charge in [-0.2, -0.15) is 0 Å². The van der Waals surface area contributed by atoms with Gasteiger partial charge in [0, 0.05) is 44.5 Å². The molecule has 3 amide bonds. The Labute approximate surface area is 171 Å². The molecular formula is C23H28N4O2. The van der Waals surface area contributed by atoms with Gasteiger partial charge in [-0.05, 0) is 48.9 Å². The summed E-state index contributed by atoms with van der Waals surface area (Å²) in [6, 6.07) is 13.8. The topological polar surface area (TPSA) is 65.5 Å². The number of urea groups is 1. The number of carbonyl (C=O) groups is 2. The third-order valence-corrected chi connectivity index (χ3v) is 5.97. The first-order valence-corrected chi connectivity index (χ1v) is 10.5. The molecule has 2 saturated heterocycles. The monoisotopic (exact) mass is 392 g/mol. The molecule has 2 fully saturated rings. The molecule has 1 aromatic heterocycles. The molecule has 2 aromatic rings. The third kappa shape index (κ3) is 4.58. The average Bonchev–Trinajstić information content (AvgIpc) is 3.33. The maximum Gasteiger partial charge on any atom is 0.319 e. The van der Waals surface area contributed by atoms with Crippen molar-refractivity contribution in [1.82, 2.24) is 20.1 Å². The first-order valence-electron chi connectivity index (χ1n) is 10.5. The van der Waals surface area contributed by atoms with Crippen LogP contribution in [0.1, 0.15) is 42.9 Å². The van der Waals surface area contributed by atoms with Crippen molar-refractivity contribution in [3.63, 3.8) is 0 Å². The number of piperidine rings is 1. The Kier molecular flexibility index (Phi) is 6.08. The number of hydrogen-bond acceptors (Lipinski definition) is 3. The van der Waals surface area contributed by atoms with E-state index in [4.69, 9.17) is 0 Å². The van der Waals surface area contributed by atoms with E-state index in [1.165, 1.54) is 0 Å². The lowest BCUT2D eigenvalue weighted by molar-refractivity contribution is -0.126. The van der Waals surface area contributed by atoms with Gasteiger partial charge in [-0.3, -0.25) is 9.78 Å². The number of nitrogens with one attached hydrogen (secondary N) is 1. The number of hydrogen-bond donors (Lipinski definition) is 1. The maximum atomic E-state index is 13.0. The predicted octanol–water partition coefficient (Wildman–Crippen LogP) is 3.22. The van der Waals surface area contributed by atoms with Crippen molar-refractivity contribution in [3.05, 3.63) is 66.0 Å². The van der Waals surface area contributed by atoms with Crippen molar-refractivity contribution in [2.75, 3.05) is 26.2 Å². The summed E-state index contributed by atoms with van der Waals surface area (Å²) in [5, 5.41) is 3.24. The van der Waals surface area contributed by atoms with Crippen LogP contribution in [-0.4, -0.2) is 52.9 Å². The van der Waals surface area contributed by atoms with E-state index >= 15 is 0 Å². The summed E-state index contributed by atoms with van der Waals surface area (Å²) in [5.41, 5.74) is 2.06. The Hall–Kier alpha value is -2.89. The maximum absolute atomic E-state index is 13.0. The Morgan fingerprint density at radius 3 is 2.10 bits per heavy atom. The summed E-state index contributed by atoms with van der Waals surface area (Å²) in [6.45, 7) is 3.03. The van der Waals surface area contributed by atoms with E-state index in [-0.39, 0.29) is 23.9 Å². The third-order valence-electron chi connectivity index (χ3n) is 5.97. The molecule has 1 aromatic carbocycles. The van der Waals surface area contributed by atoms with Crippen LogP contribution in [0.3, 0.4) is 0 Å². The lowest BCUT2D eigenvalue weighted by Gasteiger charge is -2.34. The van der Waals surface area contributed by atoms with E-state index in [1.54, 1.807) is 12.4 Å². The molecule has 6 nitrogen and oxygen atoms in total. The molecule has 2 aliphatic rings. The molecule has 0 aliphatic carbocycles. The molecule has 0 spiro atoms. The zero-order valence-electron chi connectivity index (χ0n) is 16.7. The fourth-order valence-electron chi connectivity index (χ4n) is 4.26. The highest BCUT2D eigenvalue weighted by Gasteiger charge is 2.31. The molecule has 0 saturated carbocycles. The van der Waals surface area contributed by atoms with Gasteiger partial charge in [-0.25, -0.2) is 4.79 Å². The average molecular weight is 393 g/mol. The van der Waals surface area contributed by atoms with Gasteiger partial charge in [0.15, 0.2) is 0 Å². The number of aromatic nitrogens is 1. The number of carbonyl (C=O) groups excluding carboxylic acids is 2. The summed E-state index contributed by atoms with van der Waals surface area (Å²) in [6.07, 6.45) is 7.12. The van der Waals surface area contributed by atoms with Gasteiger partial charge in [0.25, 0.3) is 0 Å². The number of pyridine rings is 1. The van der Waals surface area contributed by atoms with Crippen molar-refractivity contribution >= 4 is 11.9 Å². The minimum Gasteiger partial charge on any atom is -0.345 e. The second-order valence-electron chi connectivity index (χ2n) is 7.87. The summed E-state index contributed by atoms with van der Waals surface area (Å²) in [7, 11) is 0. The van der Waals surface area contributed by atoms with Crippen LogP contribution in [-0.2, 0) is 4.79 Å². The number of likely N-dealkylation sites (tertiary alicyclic amines) is 2. The SMILES string of the molecule is O=C(NC(c1ccccc1)c1ccncc1)C1CCN(C(=O)N2CCCC2)CC1. The van der Waals surface area contributed by atoms with E-state index in [2.05, 4.69) is 10.3 Å². The van der Waals surface area contributed by atoms with Crippen molar-refractivity contribution in [2.45, 2.75) is 31.7 Å². The summed E-state index contributed by atoms with van der Waals surface area (Å²) >= 11 is 0. The lowest BCUT2D eigenvalue weighted by Crippen LogP contribution is -2.48. The smallest absolute Gasteiger partial charge is 0.319 e. The van der Waals surface area contributed by atoms with Gasteiger partial charge >= 0.3 is 6.03 Å². The van der Waals surface area contributed by atoms with Gasteiger partial charge < -0.3 is 15.1 Å². The zero-order chi connectivity index (χ0) is 20.1. The van der Waals surface area contributed by atoms with Crippen molar-refractivity contribution in [2.24, 2.45) is 5.92 Å². The van der Waals surface area contributed by atoms with Gasteiger partial charge in [0.1, 0.15) is 0 Å². The molecule has 4 rings (SSSR count). The molecule has 6 heteroatoms. The second kappa shape index (κ2) is 9.07. The van der Waals surface area contributed by atoms with E-state index in [1.807, 2.05) is 52.3 Å². The van der Waals surface area contributed by atoms with E-state index < -0.39 is 0 Å². The van der Waals surface area contributed by atoms with Crippen molar-refractivity contribution < 1.29 is 9.59 Å². The number of benzene rings is 1. The van der Waals surface area contributed by atoms with Crippen molar-refractivity contribution in [1.29, 1.82) is 0 Å². The first kappa shape index (κ1) is 19.4. The van der Waals surface area contributed by atoms with Crippen LogP contribution in [0.25, 0.3) is 0 Å². The van der Waals surface area contributed by atoms with Crippen LogP contribution in [0, 0.1) is 5.92 Å². The standard InChI is InChI=1S/C23H28N4O2/c28-22(20-10-16-27(17-11-20)23(29)26-14-4-5-15-26)25-21(18-6-2-1-3-7-18)19-8-12-24-13-9-19/h1-3,6-9,12-13,20-21H,4-5,10-11,14-17H2,(H,25,28). The van der Waals surface area contributed by atoms with E-state index in [0.29, 0.717) is 25.9 Å². The first-order chi connectivity index (χ1) is 14.2. The van der Waals surface area contributed by atoms with Crippen LogP contribution in [0.15, 0.2) is 54.9 Å². The molecule has 3 heterocycles. The molecule has 1 N–H and O–H groups in total. The lowest BCUT2D eigenvalue weighted by atomic mass is 9.93. The predicted molar refractivity (Wildman–Crippen MR) is 111 cm³/mol. The molecule has 29 heavy (non-hydrogen) atoms. The summed E-state index contributed by atoms with van der Waals surface area (Å²) < 4.78 is 0. The minimum atomic E-state index is -0.198. The Bertz CT molecular complexity index is 774. The molecular weight excluding hydrogens is 364 g/mol. The van der Waals surface area contributed by atoms with Gasteiger partial charge in [-0.1, -0.05) is 30.3 Å². The highest BCUT2D eigenvalue weighted by Crippen LogP contribution is 2.25. The fraction of sp³-hybridized carbons (Fsp3) is 0.435. The van der Waals surface area contributed by atoms with Gasteiger partial charge in [0.2, 0.25) is 5.91 Å². The van der Waals surface area contributed by atoms with E-state index in [9.17, 15) is 9.59 Å². The van der Waals surface area contributed by atoms with Gasteiger partial charge in [0.05, 0.1) is 6.04 Å². The van der Waals surface area contributed by atoms with Crippen molar-refractivity contribution in [3.8, 4) is 0 Å². The van der Waals surface area contributed by atoms with Gasteiger partial charge in [-0.15, -0.1) is 0 Å². The van der Waals surface area contributed by atoms with Crippen LogP contribution >= 0.6 is 0 Å². The van der Waals surface area contributed by atoms with Crippen LogP contribution < -0.4 is 5.32 Å². The molecule has 2 aliphatic heterocycles. The summed E-state index contributed by atoms with van der Waals surface area (Å²) in [4.78, 5) is 33.6. The van der Waals surface area contributed by atoms with Crippen LogP contribution in [0.4, 0.5) is 4.79 Å². The molecule has 1 atom stereocenters. The summed E-state index contributed by atoms with van der Waals surface area (Å²) in [5.74, 6) is -0.00499. The number of nitrogens with zero attached hydrogens (tertiary/aromatic N) is 3. The van der Waals surface area contributed by atoms with Crippen LogP contribution in [0.2, 0.25) is 0 Å². The van der Waals surface area contributed by atoms with E-state index in [0.717, 1.165) is 37.1 Å². The molecule has 0 radical (unpaired) electrons. The Morgan fingerprint density at radius 2 is 1.45 bits per heavy atom. The fourth-order valence-corrected chi connectivity index (χ4v) is 4.26. The quantitative estimate of drug-likeness (QED) is 0.869. The highest BCUT2D eigenvalue weighted by atomic mass is 16.2. The number of amides is 3. The zero-order valence-corrected chi connectivity index (χ0v) is 16.7.